The number of fused-ring (bicyclic) bond motifs is 1. The molecule has 0 spiro atoms. The first-order valence-corrected chi connectivity index (χ1v) is 7.15. The van der Waals surface area contributed by atoms with Crippen LogP contribution in [0.1, 0.15) is 11.3 Å². The monoisotopic (exact) mass is 308 g/mol. The number of benzene rings is 1. The molecule has 0 atom stereocenters. The fourth-order valence-corrected chi connectivity index (χ4v) is 2.25. The van der Waals surface area contributed by atoms with Crippen molar-refractivity contribution in [1.82, 2.24) is 20.5 Å². The number of H-pyrrole nitrogens is 1. The molecule has 2 aromatic heterocycles. The maximum Gasteiger partial charge on any atom is 0.244 e. The number of nitrogens with one attached hydrogen (secondary N) is 2. The van der Waals surface area contributed by atoms with E-state index < -0.39 is 0 Å². The van der Waals surface area contributed by atoms with Gasteiger partial charge in [-0.3, -0.25) is 9.89 Å². The standard InChI is InChI=1S/C17H16N4O2/c1-23-15-7-3-2-5-12(15)11-19-16(22)9-8-14-13-6-4-10-18-17(13)21-20-14/h2-10H,11H2,1H3,(H,19,22)(H,18,20,21)/b9-8+. The number of hydrogen-bond donors (Lipinski definition) is 2. The third kappa shape index (κ3) is 3.37. The molecule has 6 heteroatoms. The van der Waals surface area contributed by atoms with Crippen LogP contribution in [-0.2, 0) is 11.3 Å². The van der Waals surface area contributed by atoms with Crippen LogP contribution in [0.15, 0.2) is 48.7 Å². The fourth-order valence-electron chi connectivity index (χ4n) is 2.25. The Kier molecular flexibility index (Phi) is 4.33. The van der Waals surface area contributed by atoms with E-state index in [0.717, 1.165) is 22.4 Å². The Bertz CT molecular complexity index is 854. The van der Waals surface area contributed by atoms with Crippen molar-refractivity contribution >= 4 is 23.0 Å². The molecule has 1 amide bonds. The van der Waals surface area contributed by atoms with Crippen LogP contribution in [0.4, 0.5) is 0 Å². The molecule has 0 unspecified atom stereocenters. The van der Waals surface area contributed by atoms with Gasteiger partial charge in [0, 0.05) is 29.8 Å². The molecule has 3 aromatic rings. The van der Waals surface area contributed by atoms with Crippen LogP contribution >= 0.6 is 0 Å². The van der Waals surface area contributed by atoms with Gasteiger partial charge in [-0.2, -0.15) is 5.10 Å². The lowest BCUT2D eigenvalue weighted by Crippen LogP contribution is -2.20. The van der Waals surface area contributed by atoms with E-state index in [-0.39, 0.29) is 5.91 Å². The smallest absolute Gasteiger partial charge is 0.244 e. The average molecular weight is 308 g/mol. The number of amides is 1. The molecule has 0 saturated heterocycles. The second-order valence-corrected chi connectivity index (χ2v) is 4.87. The van der Waals surface area contributed by atoms with Crippen molar-refractivity contribution in [3.05, 3.63) is 59.9 Å². The number of carbonyl (C=O) groups is 1. The Morgan fingerprint density at radius 2 is 2.17 bits per heavy atom. The van der Waals surface area contributed by atoms with Gasteiger partial charge in [-0.25, -0.2) is 4.98 Å². The van der Waals surface area contributed by atoms with Gasteiger partial charge < -0.3 is 10.1 Å². The summed E-state index contributed by atoms with van der Waals surface area (Å²) < 4.78 is 5.26. The van der Waals surface area contributed by atoms with E-state index in [1.165, 1.54) is 6.08 Å². The van der Waals surface area contributed by atoms with Gasteiger partial charge in [0.05, 0.1) is 12.8 Å². The van der Waals surface area contributed by atoms with E-state index in [1.807, 2.05) is 36.4 Å². The molecule has 23 heavy (non-hydrogen) atoms. The predicted molar refractivity (Wildman–Crippen MR) is 87.8 cm³/mol. The zero-order chi connectivity index (χ0) is 16.1. The molecule has 1 aromatic carbocycles. The Morgan fingerprint density at radius 3 is 3.04 bits per heavy atom. The van der Waals surface area contributed by atoms with Gasteiger partial charge in [0.15, 0.2) is 5.65 Å². The van der Waals surface area contributed by atoms with Crippen molar-refractivity contribution in [3.8, 4) is 5.75 Å². The lowest BCUT2D eigenvalue weighted by molar-refractivity contribution is -0.116. The highest BCUT2D eigenvalue weighted by atomic mass is 16.5. The minimum Gasteiger partial charge on any atom is -0.496 e. The van der Waals surface area contributed by atoms with E-state index in [4.69, 9.17) is 4.74 Å². The number of carbonyl (C=O) groups excluding carboxylic acids is 1. The number of para-hydroxylation sites is 1. The highest BCUT2D eigenvalue weighted by Crippen LogP contribution is 2.17. The van der Waals surface area contributed by atoms with Gasteiger partial charge >= 0.3 is 0 Å². The summed E-state index contributed by atoms with van der Waals surface area (Å²) in [6.45, 7) is 0.401. The predicted octanol–water partition coefficient (Wildman–Crippen LogP) is 2.30. The molecule has 2 N–H and O–H groups in total. The topological polar surface area (TPSA) is 79.9 Å². The number of ether oxygens (including phenoxy) is 1. The van der Waals surface area contributed by atoms with E-state index >= 15 is 0 Å². The fraction of sp³-hybridized carbons (Fsp3) is 0.118. The number of hydrogen-bond acceptors (Lipinski definition) is 4. The second kappa shape index (κ2) is 6.74. The largest absolute Gasteiger partial charge is 0.496 e. The first-order valence-electron chi connectivity index (χ1n) is 7.15. The number of aromatic amines is 1. The lowest BCUT2D eigenvalue weighted by Gasteiger charge is -2.08. The Morgan fingerprint density at radius 1 is 1.30 bits per heavy atom. The molecule has 0 saturated carbocycles. The van der Waals surface area contributed by atoms with Crippen molar-refractivity contribution in [3.63, 3.8) is 0 Å². The molecule has 6 nitrogen and oxygen atoms in total. The van der Waals surface area contributed by atoms with Crippen molar-refractivity contribution in [1.29, 1.82) is 0 Å². The highest BCUT2D eigenvalue weighted by Gasteiger charge is 2.04. The van der Waals surface area contributed by atoms with Gasteiger partial charge in [-0.1, -0.05) is 18.2 Å². The lowest BCUT2D eigenvalue weighted by atomic mass is 10.2. The van der Waals surface area contributed by atoms with Crippen LogP contribution < -0.4 is 10.1 Å². The van der Waals surface area contributed by atoms with Gasteiger partial charge in [0.2, 0.25) is 5.91 Å². The number of aromatic nitrogens is 3. The Balaban J connectivity index is 1.65. The zero-order valence-corrected chi connectivity index (χ0v) is 12.6. The van der Waals surface area contributed by atoms with Crippen LogP contribution in [0.3, 0.4) is 0 Å². The minimum absolute atomic E-state index is 0.192. The van der Waals surface area contributed by atoms with Crippen LogP contribution in [0, 0.1) is 0 Å². The number of methoxy groups -OCH3 is 1. The Hall–Kier alpha value is -3.15. The molecule has 0 aliphatic carbocycles. The summed E-state index contributed by atoms with van der Waals surface area (Å²) in [7, 11) is 1.61. The normalized spacial score (nSPS) is 11.0. The molecule has 2 heterocycles. The molecular weight excluding hydrogens is 292 g/mol. The first kappa shape index (κ1) is 14.8. The third-order valence-electron chi connectivity index (χ3n) is 3.41. The zero-order valence-electron chi connectivity index (χ0n) is 12.6. The molecule has 116 valence electrons. The van der Waals surface area contributed by atoms with Gasteiger partial charge in [0.1, 0.15) is 5.75 Å². The highest BCUT2D eigenvalue weighted by molar-refractivity contribution is 5.94. The van der Waals surface area contributed by atoms with E-state index in [2.05, 4.69) is 20.5 Å². The maximum absolute atomic E-state index is 12.0. The summed E-state index contributed by atoms with van der Waals surface area (Å²) in [5, 5.41) is 10.6. The second-order valence-electron chi connectivity index (χ2n) is 4.87. The van der Waals surface area contributed by atoms with Crippen molar-refractivity contribution in [2.24, 2.45) is 0 Å². The molecule has 0 radical (unpaired) electrons. The van der Waals surface area contributed by atoms with Crippen molar-refractivity contribution in [2.75, 3.05) is 7.11 Å². The molecule has 0 bridgehead atoms. The minimum atomic E-state index is -0.192. The Labute approximate surface area is 133 Å². The molecule has 3 rings (SSSR count). The average Bonchev–Trinajstić information content (AvgIpc) is 3.01. The van der Waals surface area contributed by atoms with Crippen molar-refractivity contribution < 1.29 is 9.53 Å². The molecule has 0 fully saturated rings. The van der Waals surface area contributed by atoms with E-state index in [9.17, 15) is 4.79 Å². The first-order chi connectivity index (χ1) is 11.3. The third-order valence-corrected chi connectivity index (χ3v) is 3.41. The van der Waals surface area contributed by atoms with Crippen LogP contribution in [0.5, 0.6) is 5.75 Å². The van der Waals surface area contributed by atoms with E-state index in [0.29, 0.717) is 12.2 Å². The molecular formula is C17H16N4O2. The summed E-state index contributed by atoms with van der Waals surface area (Å²) in [5.74, 6) is 0.560. The summed E-state index contributed by atoms with van der Waals surface area (Å²) in [5.41, 5.74) is 2.30. The summed E-state index contributed by atoms with van der Waals surface area (Å²) in [6.07, 6.45) is 4.83. The summed E-state index contributed by atoms with van der Waals surface area (Å²) in [6, 6.07) is 11.3. The summed E-state index contributed by atoms with van der Waals surface area (Å²) in [4.78, 5) is 16.1. The van der Waals surface area contributed by atoms with Gasteiger partial charge in [-0.05, 0) is 24.3 Å². The molecule has 0 aliphatic rings. The number of nitrogens with zero attached hydrogens (tertiary/aromatic N) is 2. The number of pyridine rings is 1. The maximum atomic E-state index is 12.0. The van der Waals surface area contributed by atoms with Crippen molar-refractivity contribution in [2.45, 2.75) is 6.54 Å². The summed E-state index contributed by atoms with van der Waals surface area (Å²) >= 11 is 0. The van der Waals surface area contributed by atoms with Crippen LogP contribution in [0.25, 0.3) is 17.1 Å². The van der Waals surface area contributed by atoms with Gasteiger partial charge in [-0.15, -0.1) is 0 Å². The quantitative estimate of drug-likeness (QED) is 0.709. The van der Waals surface area contributed by atoms with Crippen LogP contribution in [0.2, 0.25) is 0 Å². The molecule has 0 aliphatic heterocycles. The van der Waals surface area contributed by atoms with Gasteiger partial charge in [0.25, 0.3) is 0 Å². The van der Waals surface area contributed by atoms with E-state index in [1.54, 1.807) is 19.4 Å². The SMILES string of the molecule is COc1ccccc1CNC(=O)/C=C/c1[nH]nc2ncccc12. The number of rotatable bonds is 5. The van der Waals surface area contributed by atoms with Crippen LogP contribution in [-0.4, -0.2) is 28.2 Å².